The highest BCUT2D eigenvalue weighted by atomic mass is 32.2. The van der Waals surface area contributed by atoms with Crippen molar-refractivity contribution in [3.63, 3.8) is 0 Å². The van der Waals surface area contributed by atoms with E-state index in [-0.39, 0.29) is 11.6 Å². The van der Waals surface area contributed by atoms with E-state index in [2.05, 4.69) is 0 Å². The Morgan fingerprint density at radius 2 is 1.04 bits per heavy atom. The van der Waals surface area contributed by atoms with Crippen molar-refractivity contribution in [3.05, 3.63) is 93.8 Å². The summed E-state index contributed by atoms with van der Waals surface area (Å²) < 4.78 is 0. The molecule has 3 heteroatoms. The number of aryl methyl sites for hydroxylation is 2. The third-order valence-corrected chi connectivity index (χ3v) is 3.85. The molecule has 0 amide bonds. The smallest absolute Gasteiger partial charge is 0.186 e. The Morgan fingerprint density at radius 1 is 0.696 bits per heavy atom. The fourth-order valence-electron chi connectivity index (χ4n) is 1.88. The lowest BCUT2D eigenvalue weighted by molar-refractivity contribution is 0.103. The van der Waals surface area contributed by atoms with Crippen molar-refractivity contribution >= 4 is 23.3 Å². The van der Waals surface area contributed by atoms with Gasteiger partial charge in [0.15, 0.2) is 11.6 Å². The molecule has 0 aromatic heterocycles. The highest BCUT2D eigenvalue weighted by Gasteiger charge is 2.01. The van der Waals surface area contributed by atoms with Crippen LogP contribution in [-0.2, 0) is 0 Å². The van der Waals surface area contributed by atoms with Gasteiger partial charge >= 0.3 is 0 Å². The van der Waals surface area contributed by atoms with Crippen LogP contribution in [0, 0.1) is 13.8 Å². The Hall–Kier alpha value is -2.39. The van der Waals surface area contributed by atoms with Gasteiger partial charge in [-0.2, -0.15) is 0 Å². The molecule has 116 valence electrons. The summed E-state index contributed by atoms with van der Waals surface area (Å²) in [6.45, 7) is 3.96. The lowest BCUT2D eigenvalue weighted by atomic mass is 10.1. The number of hydrogen-bond donors (Lipinski definition) is 0. The number of thioether (sulfide) groups is 1. The van der Waals surface area contributed by atoms with Gasteiger partial charge in [0.2, 0.25) is 0 Å². The summed E-state index contributed by atoms with van der Waals surface area (Å²) >= 11 is 1.30. The van der Waals surface area contributed by atoms with Crippen molar-refractivity contribution in [3.8, 4) is 0 Å². The lowest BCUT2D eigenvalue weighted by Gasteiger charge is -1.96. The second-order valence-electron chi connectivity index (χ2n) is 5.20. The van der Waals surface area contributed by atoms with E-state index < -0.39 is 0 Å². The third-order valence-electron chi connectivity index (χ3n) is 3.27. The van der Waals surface area contributed by atoms with Gasteiger partial charge in [0.25, 0.3) is 0 Å². The second-order valence-corrected chi connectivity index (χ2v) is 6.02. The van der Waals surface area contributed by atoms with Crippen molar-refractivity contribution in [2.75, 3.05) is 0 Å². The van der Waals surface area contributed by atoms with Crippen molar-refractivity contribution in [1.29, 1.82) is 0 Å². The summed E-state index contributed by atoms with van der Waals surface area (Å²) in [6.07, 6.45) is 3.02. The van der Waals surface area contributed by atoms with Crippen molar-refractivity contribution in [1.82, 2.24) is 0 Å². The first kappa shape index (κ1) is 17.0. The SMILES string of the molecule is Cc1ccc(C(=O)/C=C\S/C=C/C(=O)c2ccc(C)cc2)cc1. The quantitative estimate of drug-likeness (QED) is 0.546. The molecule has 0 aliphatic heterocycles. The molecule has 0 aliphatic carbocycles. The Labute approximate surface area is 140 Å². The monoisotopic (exact) mass is 322 g/mol. The van der Waals surface area contributed by atoms with Gasteiger partial charge in [0, 0.05) is 11.1 Å². The molecule has 2 nitrogen and oxygen atoms in total. The van der Waals surface area contributed by atoms with Crippen LogP contribution in [0.25, 0.3) is 0 Å². The van der Waals surface area contributed by atoms with Gasteiger partial charge in [-0.05, 0) is 36.8 Å². The topological polar surface area (TPSA) is 34.1 Å². The zero-order valence-corrected chi connectivity index (χ0v) is 14.0. The molecule has 0 unspecified atom stereocenters. The van der Waals surface area contributed by atoms with E-state index in [4.69, 9.17) is 0 Å². The van der Waals surface area contributed by atoms with E-state index in [9.17, 15) is 9.59 Å². The molecule has 0 aliphatic rings. The maximum absolute atomic E-state index is 11.9. The van der Waals surface area contributed by atoms with Crippen LogP contribution in [-0.4, -0.2) is 11.6 Å². The molecular formula is C20H18O2S. The first-order chi connectivity index (χ1) is 11.1. The molecule has 0 heterocycles. The van der Waals surface area contributed by atoms with Crippen molar-refractivity contribution in [2.24, 2.45) is 0 Å². The van der Waals surface area contributed by atoms with Crippen molar-refractivity contribution < 1.29 is 9.59 Å². The van der Waals surface area contributed by atoms with Crippen LogP contribution < -0.4 is 0 Å². The lowest BCUT2D eigenvalue weighted by Crippen LogP contribution is -1.93. The van der Waals surface area contributed by atoms with E-state index in [1.165, 1.54) is 23.9 Å². The molecule has 0 fully saturated rings. The maximum Gasteiger partial charge on any atom is 0.186 e. The highest BCUT2D eigenvalue weighted by Crippen LogP contribution is 2.10. The van der Waals surface area contributed by atoms with E-state index >= 15 is 0 Å². The van der Waals surface area contributed by atoms with E-state index in [0.29, 0.717) is 11.1 Å². The second kappa shape index (κ2) is 8.30. The zero-order valence-electron chi connectivity index (χ0n) is 13.2. The summed E-state index contributed by atoms with van der Waals surface area (Å²) in [4.78, 5) is 23.8. The van der Waals surface area contributed by atoms with Gasteiger partial charge < -0.3 is 0 Å². The number of carbonyl (C=O) groups is 2. The largest absolute Gasteiger partial charge is 0.289 e. The zero-order chi connectivity index (χ0) is 16.7. The maximum atomic E-state index is 11.9. The van der Waals surface area contributed by atoms with Crippen LogP contribution >= 0.6 is 11.8 Å². The van der Waals surface area contributed by atoms with Crippen LogP contribution in [0.4, 0.5) is 0 Å². The fraction of sp³-hybridized carbons (Fsp3) is 0.100. The molecule has 0 atom stereocenters. The van der Waals surface area contributed by atoms with Crippen LogP contribution in [0.15, 0.2) is 71.5 Å². The van der Waals surface area contributed by atoms with E-state index in [1.807, 2.05) is 62.4 Å². The Kier molecular flexibility index (Phi) is 6.12. The third kappa shape index (κ3) is 5.38. The molecular weight excluding hydrogens is 304 g/mol. The predicted molar refractivity (Wildman–Crippen MR) is 96.9 cm³/mol. The molecule has 23 heavy (non-hydrogen) atoms. The van der Waals surface area contributed by atoms with Gasteiger partial charge in [0.1, 0.15) is 0 Å². The molecule has 0 N–H and O–H groups in total. The summed E-state index contributed by atoms with van der Waals surface area (Å²) in [5, 5.41) is 3.36. The molecule has 2 aromatic rings. The van der Waals surface area contributed by atoms with Gasteiger partial charge in [-0.3, -0.25) is 9.59 Å². The first-order valence-electron chi connectivity index (χ1n) is 7.27. The predicted octanol–water partition coefficient (Wildman–Crippen LogP) is 5.13. The molecule has 0 saturated heterocycles. The highest BCUT2D eigenvalue weighted by molar-refractivity contribution is 8.04. The van der Waals surface area contributed by atoms with Crippen LogP contribution in [0.3, 0.4) is 0 Å². The Morgan fingerprint density at radius 3 is 1.39 bits per heavy atom. The van der Waals surface area contributed by atoms with Gasteiger partial charge in [-0.1, -0.05) is 59.7 Å². The van der Waals surface area contributed by atoms with Crippen LogP contribution in [0.1, 0.15) is 31.8 Å². The summed E-state index contributed by atoms with van der Waals surface area (Å²) in [5.41, 5.74) is 3.56. The summed E-state index contributed by atoms with van der Waals surface area (Å²) in [7, 11) is 0. The number of allylic oxidation sites excluding steroid dienone is 2. The van der Waals surface area contributed by atoms with Crippen LogP contribution in [0.2, 0.25) is 0 Å². The molecule has 0 spiro atoms. The minimum atomic E-state index is -0.0456. The molecule has 2 rings (SSSR count). The average Bonchev–Trinajstić information content (AvgIpc) is 2.55. The van der Waals surface area contributed by atoms with Gasteiger partial charge in [0.05, 0.1) is 0 Å². The minimum absolute atomic E-state index is 0.0456. The van der Waals surface area contributed by atoms with Gasteiger partial charge in [-0.25, -0.2) is 0 Å². The summed E-state index contributed by atoms with van der Waals surface area (Å²) in [6, 6.07) is 14.9. The van der Waals surface area contributed by atoms with Gasteiger partial charge in [-0.15, -0.1) is 11.8 Å². The van der Waals surface area contributed by atoms with Crippen molar-refractivity contribution in [2.45, 2.75) is 13.8 Å². The number of ketones is 2. The number of carbonyl (C=O) groups excluding carboxylic acids is 2. The molecule has 2 aromatic carbocycles. The standard InChI is InChI=1S/C20H18O2S/c1-15-3-7-17(8-4-15)19(21)11-13-23-14-12-20(22)18-9-5-16(2)6-10-18/h3-14H,1-2H3/b13-11-,14-12+. The Balaban J connectivity index is 1.86. The number of rotatable bonds is 6. The normalized spacial score (nSPS) is 11.2. The number of hydrogen-bond acceptors (Lipinski definition) is 3. The minimum Gasteiger partial charge on any atom is -0.289 e. The van der Waals surface area contributed by atoms with E-state index in [0.717, 1.165) is 11.1 Å². The Bertz CT molecular complexity index is 673. The molecule has 0 bridgehead atoms. The first-order valence-corrected chi connectivity index (χ1v) is 8.21. The molecule has 0 saturated carbocycles. The summed E-state index contributed by atoms with van der Waals surface area (Å²) in [5.74, 6) is -0.0912. The fourth-order valence-corrected chi connectivity index (χ4v) is 2.37. The number of benzene rings is 2. The van der Waals surface area contributed by atoms with Crippen LogP contribution in [0.5, 0.6) is 0 Å². The molecule has 0 radical (unpaired) electrons. The van der Waals surface area contributed by atoms with E-state index in [1.54, 1.807) is 10.8 Å². The average molecular weight is 322 g/mol.